The zero-order valence-electron chi connectivity index (χ0n) is 41.6. The van der Waals surface area contributed by atoms with Crippen molar-refractivity contribution < 1.29 is 21.9 Å². The number of benzene rings is 5. The molecule has 1 aliphatic heterocycles. The fraction of sp³-hybridized carbons (Fsp3) is 0.186. The molecule has 1 saturated carbocycles. The maximum atomic E-state index is 9.26. The van der Waals surface area contributed by atoms with Gasteiger partial charge in [0.05, 0.1) is 55.2 Å². The fourth-order valence-electron chi connectivity index (χ4n) is 8.23. The van der Waals surface area contributed by atoms with E-state index in [1.165, 1.54) is 15.2 Å². The third-order valence-electron chi connectivity index (χ3n) is 10.6. The Kier molecular flexibility index (Phi) is 3.16. The topological polar surface area (TPSA) is 26.0 Å². The summed E-state index contributed by atoms with van der Waals surface area (Å²) in [4.78, 5) is 7.34. The highest BCUT2D eigenvalue weighted by molar-refractivity contribution is 6.10. The lowest BCUT2D eigenvalue weighted by Gasteiger charge is -2.50. The number of rotatable bonds is 3. The maximum absolute atomic E-state index is 9.26. The molecule has 5 aromatic carbocycles. The van der Waals surface area contributed by atoms with Gasteiger partial charge in [-0.2, -0.15) is 0 Å². The smallest absolute Gasteiger partial charge is 0.142 e. The summed E-state index contributed by atoms with van der Waals surface area (Å²) in [6, 6.07) is 1.79. The first-order valence-corrected chi connectivity index (χ1v) is 15.6. The summed E-state index contributed by atoms with van der Waals surface area (Å²) < 4.78 is 145. The zero-order chi connectivity index (χ0) is 45.3. The van der Waals surface area contributed by atoms with Crippen molar-refractivity contribution in [3.05, 3.63) is 139 Å². The fourth-order valence-corrected chi connectivity index (χ4v) is 8.23. The third-order valence-corrected chi connectivity index (χ3v) is 10.6. The Labute approximate surface area is 297 Å². The van der Waals surface area contributed by atoms with E-state index in [4.69, 9.17) is 21.4 Å². The quantitative estimate of drug-likeness (QED) is 0.195. The van der Waals surface area contributed by atoms with Crippen molar-refractivity contribution in [2.75, 3.05) is 4.90 Å². The molecular formula is C43H36N4. The Hall–Kier alpha value is -5.35. The maximum Gasteiger partial charge on any atom is 0.142 e. The molecule has 0 amide bonds. The molecule has 8 aromatic rings. The summed E-state index contributed by atoms with van der Waals surface area (Å²) in [7, 11) is 0. The van der Waals surface area contributed by atoms with Crippen LogP contribution in [0.3, 0.4) is 0 Å². The molecule has 4 heterocycles. The van der Waals surface area contributed by atoms with Crippen LogP contribution in [0.1, 0.15) is 67.0 Å². The second kappa shape index (κ2) is 9.59. The molecule has 0 saturated heterocycles. The van der Waals surface area contributed by atoms with E-state index in [0.29, 0.717) is 6.42 Å². The van der Waals surface area contributed by atoms with Crippen LogP contribution in [0.2, 0.25) is 0 Å². The van der Waals surface area contributed by atoms with Crippen LogP contribution in [0, 0.1) is 0 Å². The number of aromatic nitrogens is 3. The van der Waals surface area contributed by atoms with Crippen molar-refractivity contribution >= 4 is 55.1 Å². The van der Waals surface area contributed by atoms with E-state index in [9.17, 15) is 5.48 Å². The number of fused-ring (bicyclic) bond motifs is 9. The van der Waals surface area contributed by atoms with Gasteiger partial charge in [0.2, 0.25) is 0 Å². The minimum absolute atomic E-state index is 0.0900. The molecule has 10 rings (SSSR count). The second-order valence-electron chi connectivity index (χ2n) is 12.8. The van der Waals surface area contributed by atoms with Crippen LogP contribution in [0.15, 0.2) is 133 Å². The largest absolute Gasteiger partial charge is 0.319 e. The van der Waals surface area contributed by atoms with Gasteiger partial charge >= 0.3 is 0 Å². The molecule has 1 aliphatic carbocycles. The van der Waals surface area contributed by atoms with E-state index in [1.807, 2.05) is 18.2 Å². The molecule has 4 nitrogen and oxygen atoms in total. The number of anilines is 2. The standard InChI is InChI=1S/C43H36N4/c1-42-25-13-14-26-43(42,2)47(39-24-12-7-19-34(39)42)41-28-29(45-35-20-8-3-15-30(35)31-16-4-9-21-36(31)45)27-40(44-41)46-37-22-10-5-17-32(37)33-18-6-11-23-38(33)46/h3-12,15-24,27-28H,13-14,25-26H2,1-2H3/i3D,4D,5D,6D,8D,9D,10D,11D,15D,16D,17D,18D,20D,21D,22D,23D. The van der Waals surface area contributed by atoms with Gasteiger partial charge in [0.15, 0.2) is 0 Å². The van der Waals surface area contributed by atoms with Crippen LogP contribution < -0.4 is 4.90 Å². The highest BCUT2D eigenvalue weighted by Crippen LogP contribution is 2.60. The van der Waals surface area contributed by atoms with Gasteiger partial charge in [0, 0.05) is 44.8 Å². The molecule has 1 fully saturated rings. The number of pyridine rings is 1. The molecule has 47 heavy (non-hydrogen) atoms. The van der Waals surface area contributed by atoms with E-state index in [0.717, 1.165) is 30.5 Å². The van der Waals surface area contributed by atoms with E-state index < -0.39 is 108 Å². The zero-order valence-corrected chi connectivity index (χ0v) is 25.6. The van der Waals surface area contributed by atoms with Crippen molar-refractivity contribution in [3.8, 4) is 11.5 Å². The van der Waals surface area contributed by atoms with Crippen LogP contribution in [0.5, 0.6) is 0 Å². The number of hydrogen-bond donors (Lipinski definition) is 0. The first-order chi connectivity index (χ1) is 29.7. The minimum Gasteiger partial charge on any atom is -0.319 e. The summed E-state index contributed by atoms with van der Waals surface area (Å²) in [6.07, 6.45) is 3.39. The Morgan fingerprint density at radius 2 is 1.09 bits per heavy atom. The van der Waals surface area contributed by atoms with E-state index in [1.54, 1.807) is 6.07 Å². The molecule has 0 bridgehead atoms. The van der Waals surface area contributed by atoms with Gasteiger partial charge in [-0.3, -0.25) is 4.57 Å². The summed E-state index contributed by atoms with van der Waals surface area (Å²) in [5.74, 6) is 0.163. The van der Waals surface area contributed by atoms with Crippen LogP contribution in [0.4, 0.5) is 11.5 Å². The van der Waals surface area contributed by atoms with Crippen molar-refractivity contribution in [1.82, 2.24) is 14.1 Å². The Morgan fingerprint density at radius 3 is 1.68 bits per heavy atom. The number of nitrogens with zero attached hydrogens (tertiary/aromatic N) is 4. The van der Waals surface area contributed by atoms with Crippen molar-refractivity contribution in [2.24, 2.45) is 0 Å². The lowest BCUT2D eigenvalue weighted by atomic mass is 9.61. The third kappa shape index (κ3) is 3.50. The van der Waals surface area contributed by atoms with Crippen LogP contribution in [0.25, 0.3) is 55.1 Å². The Balaban J connectivity index is 1.46. The minimum atomic E-state index is -0.640. The molecule has 2 atom stereocenters. The molecule has 2 aliphatic rings. The summed E-state index contributed by atoms with van der Waals surface area (Å²) >= 11 is 0. The lowest BCUT2D eigenvalue weighted by Crippen LogP contribution is -2.54. The monoisotopic (exact) mass is 624 g/mol. The van der Waals surface area contributed by atoms with Gasteiger partial charge in [-0.15, -0.1) is 0 Å². The summed E-state index contributed by atoms with van der Waals surface area (Å²) in [6.45, 7) is 4.34. The average Bonchev–Trinajstić information content (AvgIpc) is 3.89. The van der Waals surface area contributed by atoms with Crippen molar-refractivity contribution in [1.29, 1.82) is 0 Å². The van der Waals surface area contributed by atoms with Crippen LogP contribution >= 0.6 is 0 Å². The first kappa shape index (κ1) is 15.5. The highest BCUT2D eigenvalue weighted by atomic mass is 15.3. The molecular weight excluding hydrogens is 573 g/mol. The van der Waals surface area contributed by atoms with Gasteiger partial charge in [-0.05, 0) is 55.6 Å². The predicted octanol–water partition coefficient (Wildman–Crippen LogP) is 11.0. The first-order valence-electron chi connectivity index (χ1n) is 23.6. The number of para-hydroxylation sites is 5. The summed E-state index contributed by atoms with van der Waals surface area (Å²) in [5, 5.41) is -0.645. The molecule has 2 unspecified atom stereocenters. The summed E-state index contributed by atoms with van der Waals surface area (Å²) in [5.41, 5.74) is 0.209. The highest BCUT2D eigenvalue weighted by Gasteiger charge is 2.57. The molecule has 0 spiro atoms. The van der Waals surface area contributed by atoms with Crippen molar-refractivity contribution in [2.45, 2.75) is 50.5 Å². The van der Waals surface area contributed by atoms with Crippen LogP contribution in [-0.4, -0.2) is 19.7 Å². The van der Waals surface area contributed by atoms with Gasteiger partial charge in [-0.1, -0.05) is 110 Å². The van der Waals surface area contributed by atoms with Gasteiger partial charge in [0.1, 0.15) is 11.6 Å². The molecule has 0 radical (unpaired) electrons. The molecule has 4 heteroatoms. The molecule has 228 valence electrons. The molecule has 3 aromatic heterocycles. The van der Waals surface area contributed by atoms with E-state index in [2.05, 4.69) is 24.8 Å². The van der Waals surface area contributed by atoms with Gasteiger partial charge in [-0.25, -0.2) is 4.98 Å². The van der Waals surface area contributed by atoms with Crippen molar-refractivity contribution in [3.63, 3.8) is 0 Å². The van der Waals surface area contributed by atoms with Crippen LogP contribution in [-0.2, 0) is 5.41 Å². The van der Waals surface area contributed by atoms with E-state index in [-0.39, 0.29) is 60.9 Å². The van der Waals surface area contributed by atoms with Gasteiger partial charge < -0.3 is 9.47 Å². The van der Waals surface area contributed by atoms with E-state index >= 15 is 0 Å². The normalized spacial score (nSPS) is 25.5. The Morgan fingerprint density at radius 1 is 0.596 bits per heavy atom. The molecule has 0 N–H and O–H groups in total. The second-order valence-corrected chi connectivity index (χ2v) is 12.8. The van der Waals surface area contributed by atoms with Gasteiger partial charge in [0.25, 0.3) is 0 Å². The Bertz CT molecular complexity index is 3100. The lowest BCUT2D eigenvalue weighted by molar-refractivity contribution is 0.194. The average molecular weight is 625 g/mol. The predicted molar refractivity (Wildman–Crippen MR) is 196 cm³/mol. The number of hydrogen-bond acceptors (Lipinski definition) is 2. The SMILES string of the molecule is [2H]c1c([2H])c([2H])c2c(c1[2H])c1c([2H])c([2H])c([2H])c([2H])c1n2-c1cc(N2c3ccccc3C3(C)CCCCC23C)nc(-n2c3c([2H])c([2H])c([2H])c([2H])c3c3c([2H])c([2H])c([2H])c([2H])c32)c1.